The Morgan fingerprint density at radius 3 is 2.00 bits per heavy atom. The molecule has 0 saturated heterocycles. The number of amides is 2. The number of ether oxygens (including phenoxy) is 3. The van der Waals surface area contributed by atoms with E-state index in [2.05, 4.69) is 0 Å². The Bertz CT molecular complexity index is 971. The lowest BCUT2D eigenvalue weighted by Crippen LogP contribution is -2.31. The van der Waals surface area contributed by atoms with Gasteiger partial charge in [0, 0.05) is 0 Å². The second-order valence-corrected chi connectivity index (χ2v) is 6.31. The minimum Gasteiger partial charge on any atom is -0.495 e. The van der Waals surface area contributed by atoms with Crippen LogP contribution in [0.3, 0.4) is 0 Å². The highest BCUT2D eigenvalue weighted by atomic mass is 35.5. The van der Waals surface area contributed by atoms with Crippen molar-refractivity contribution in [1.29, 1.82) is 0 Å². The molecule has 8 heteroatoms. The summed E-state index contributed by atoms with van der Waals surface area (Å²) in [7, 11) is 4.45. The second kappa shape index (κ2) is 7.50. The second-order valence-electron chi connectivity index (χ2n) is 5.52. The molecule has 0 radical (unpaired) electrons. The van der Waals surface area contributed by atoms with Crippen molar-refractivity contribution < 1.29 is 23.8 Å². The molecule has 0 fully saturated rings. The molecule has 0 N–H and O–H groups in total. The Hall–Kier alpha value is -2.70. The van der Waals surface area contributed by atoms with E-state index in [4.69, 9.17) is 37.4 Å². The lowest BCUT2D eigenvalue weighted by Gasteiger charge is -2.16. The number of hydrogen-bond donors (Lipinski definition) is 0. The molecular weight excluding hydrogens is 393 g/mol. The zero-order valence-electron chi connectivity index (χ0n) is 14.7. The normalized spacial score (nSPS) is 14.0. The molecule has 27 heavy (non-hydrogen) atoms. The first-order valence-corrected chi connectivity index (χ1v) is 8.53. The first kappa shape index (κ1) is 19.1. The topological polar surface area (TPSA) is 65.1 Å². The van der Waals surface area contributed by atoms with E-state index in [-0.39, 0.29) is 15.6 Å². The maximum absolute atomic E-state index is 13.0. The molecule has 0 aliphatic carbocycles. The Kier molecular flexibility index (Phi) is 5.30. The van der Waals surface area contributed by atoms with E-state index >= 15 is 0 Å². The van der Waals surface area contributed by atoms with Crippen LogP contribution in [-0.4, -0.2) is 33.1 Å². The van der Waals surface area contributed by atoms with Crippen molar-refractivity contribution in [1.82, 2.24) is 0 Å². The maximum atomic E-state index is 13.0. The van der Waals surface area contributed by atoms with Gasteiger partial charge in [-0.2, -0.15) is 0 Å². The van der Waals surface area contributed by atoms with Gasteiger partial charge in [0.15, 0.2) is 11.5 Å². The standard InChI is InChI=1S/C19H15Cl2NO5/c1-25-13-7-5-11(9-12(13)20)22-18(23)16(17(21)19(22)24)10-4-6-14(26-2)15(8-10)27-3/h4-9H,1-3H3. The van der Waals surface area contributed by atoms with Crippen LogP contribution < -0.4 is 19.1 Å². The van der Waals surface area contributed by atoms with Gasteiger partial charge in [0.1, 0.15) is 10.8 Å². The molecular formula is C19H15Cl2NO5. The fourth-order valence-electron chi connectivity index (χ4n) is 2.77. The van der Waals surface area contributed by atoms with Crippen LogP contribution in [0.4, 0.5) is 5.69 Å². The monoisotopic (exact) mass is 407 g/mol. The van der Waals surface area contributed by atoms with Crippen molar-refractivity contribution in [3.63, 3.8) is 0 Å². The van der Waals surface area contributed by atoms with E-state index in [1.165, 1.54) is 27.4 Å². The first-order valence-electron chi connectivity index (χ1n) is 7.77. The molecule has 2 amide bonds. The van der Waals surface area contributed by atoms with Crippen LogP contribution in [0.15, 0.2) is 41.4 Å². The van der Waals surface area contributed by atoms with E-state index in [1.807, 2.05) is 0 Å². The van der Waals surface area contributed by atoms with Gasteiger partial charge in [-0.1, -0.05) is 29.3 Å². The SMILES string of the molecule is COc1ccc(N2C(=O)C(Cl)=C(c3ccc(OC)c(OC)c3)C2=O)cc1Cl. The van der Waals surface area contributed by atoms with Crippen LogP contribution in [0.2, 0.25) is 5.02 Å². The average Bonchev–Trinajstić information content (AvgIpc) is 2.89. The Labute approximate surface area is 165 Å². The summed E-state index contributed by atoms with van der Waals surface area (Å²) in [5.41, 5.74) is 0.817. The van der Waals surface area contributed by atoms with Gasteiger partial charge in [0.2, 0.25) is 0 Å². The van der Waals surface area contributed by atoms with Crippen molar-refractivity contribution in [3.8, 4) is 17.2 Å². The summed E-state index contributed by atoms with van der Waals surface area (Å²) in [5, 5.41) is 0.0884. The predicted octanol–water partition coefficient (Wildman–Crippen LogP) is 3.89. The van der Waals surface area contributed by atoms with Crippen LogP contribution in [0, 0.1) is 0 Å². The van der Waals surface area contributed by atoms with Crippen LogP contribution in [0.1, 0.15) is 5.56 Å². The molecule has 0 aromatic heterocycles. The highest BCUT2D eigenvalue weighted by Gasteiger charge is 2.39. The Morgan fingerprint density at radius 1 is 0.778 bits per heavy atom. The molecule has 0 unspecified atom stereocenters. The number of methoxy groups -OCH3 is 3. The molecule has 0 spiro atoms. The minimum absolute atomic E-state index is 0.0783. The van der Waals surface area contributed by atoms with Gasteiger partial charge in [-0.05, 0) is 35.9 Å². The molecule has 140 valence electrons. The number of carbonyl (C=O) groups is 2. The molecule has 1 aliphatic heterocycles. The number of halogens is 2. The molecule has 2 aromatic rings. The zero-order chi connectivity index (χ0) is 19.7. The number of hydrogen-bond acceptors (Lipinski definition) is 5. The fourth-order valence-corrected chi connectivity index (χ4v) is 3.30. The van der Waals surface area contributed by atoms with Crippen molar-refractivity contribution in [3.05, 3.63) is 52.0 Å². The van der Waals surface area contributed by atoms with Crippen LogP contribution in [0.25, 0.3) is 5.57 Å². The number of benzene rings is 2. The first-order chi connectivity index (χ1) is 12.9. The molecule has 0 atom stereocenters. The van der Waals surface area contributed by atoms with E-state index in [1.54, 1.807) is 30.3 Å². The molecule has 2 aromatic carbocycles. The molecule has 0 bridgehead atoms. The lowest BCUT2D eigenvalue weighted by molar-refractivity contribution is -0.119. The number of carbonyl (C=O) groups excluding carboxylic acids is 2. The van der Waals surface area contributed by atoms with Crippen LogP contribution in [0.5, 0.6) is 17.2 Å². The highest BCUT2D eigenvalue weighted by molar-refractivity contribution is 6.60. The van der Waals surface area contributed by atoms with Crippen molar-refractivity contribution in [2.24, 2.45) is 0 Å². The molecule has 1 aliphatic rings. The van der Waals surface area contributed by atoms with E-state index in [0.717, 1.165) is 4.90 Å². The number of nitrogens with zero attached hydrogens (tertiary/aromatic N) is 1. The van der Waals surface area contributed by atoms with Crippen molar-refractivity contribution in [2.75, 3.05) is 26.2 Å². The summed E-state index contributed by atoms with van der Waals surface area (Å²) >= 11 is 12.3. The predicted molar refractivity (Wildman–Crippen MR) is 103 cm³/mol. The maximum Gasteiger partial charge on any atom is 0.277 e. The quantitative estimate of drug-likeness (QED) is 0.703. The van der Waals surface area contributed by atoms with Gasteiger partial charge in [0.25, 0.3) is 11.8 Å². The van der Waals surface area contributed by atoms with Gasteiger partial charge in [-0.3, -0.25) is 9.59 Å². The van der Waals surface area contributed by atoms with Crippen LogP contribution in [-0.2, 0) is 9.59 Å². The summed E-state index contributed by atoms with van der Waals surface area (Å²) in [6.07, 6.45) is 0. The third kappa shape index (κ3) is 3.22. The van der Waals surface area contributed by atoms with Crippen LogP contribution >= 0.6 is 23.2 Å². The third-order valence-corrected chi connectivity index (χ3v) is 4.74. The van der Waals surface area contributed by atoms with Crippen molar-refractivity contribution >= 4 is 46.3 Å². The van der Waals surface area contributed by atoms with Gasteiger partial charge in [0.05, 0.1) is 37.6 Å². The summed E-state index contributed by atoms with van der Waals surface area (Å²) in [6.45, 7) is 0. The molecule has 6 nitrogen and oxygen atoms in total. The van der Waals surface area contributed by atoms with Gasteiger partial charge in [-0.15, -0.1) is 0 Å². The largest absolute Gasteiger partial charge is 0.495 e. The highest BCUT2D eigenvalue weighted by Crippen LogP contribution is 2.39. The molecule has 1 heterocycles. The van der Waals surface area contributed by atoms with E-state index < -0.39 is 11.8 Å². The third-order valence-electron chi connectivity index (χ3n) is 4.09. The smallest absolute Gasteiger partial charge is 0.277 e. The zero-order valence-corrected chi connectivity index (χ0v) is 16.2. The average molecular weight is 408 g/mol. The number of anilines is 1. The summed E-state index contributed by atoms with van der Waals surface area (Å²) < 4.78 is 15.5. The summed E-state index contributed by atoms with van der Waals surface area (Å²) in [6, 6.07) is 9.46. The Morgan fingerprint density at radius 2 is 1.41 bits per heavy atom. The summed E-state index contributed by atoms with van der Waals surface area (Å²) in [5.74, 6) is 0.150. The van der Waals surface area contributed by atoms with Gasteiger partial charge >= 0.3 is 0 Å². The van der Waals surface area contributed by atoms with E-state index in [9.17, 15) is 9.59 Å². The minimum atomic E-state index is -0.632. The lowest BCUT2D eigenvalue weighted by atomic mass is 10.1. The fraction of sp³-hybridized carbons (Fsp3) is 0.158. The van der Waals surface area contributed by atoms with E-state index in [0.29, 0.717) is 28.5 Å². The summed E-state index contributed by atoms with van der Waals surface area (Å²) in [4.78, 5) is 26.6. The molecule has 0 saturated carbocycles. The number of imide groups is 1. The van der Waals surface area contributed by atoms with Gasteiger partial charge < -0.3 is 14.2 Å². The van der Waals surface area contributed by atoms with Gasteiger partial charge in [-0.25, -0.2) is 4.90 Å². The number of rotatable bonds is 5. The Balaban J connectivity index is 2.03. The van der Waals surface area contributed by atoms with Crippen molar-refractivity contribution in [2.45, 2.75) is 0 Å². The molecule has 3 rings (SSSR count).